The van der Waals surface area contributed by atoms with E-state index in [9.17, 15) is 0 Å². The van der Waals surface area contributed by atoms with E-state index in [0.717, 1.165) is 22.5 Å². The first-order chi connectivity index (χ1) is 8.49. The van der Waals surface area contributed by atoms with Crippen molar-refractivity contribution in [1.29, 1.82) is 0 Å². The van der Waals surface area contributed by atoms with Crippen LogP contribution in [-0.4, -0.2) is 0 Å². The van der Waals surface area contributed by atoms with Gasteiger partial charge in [-0.15, -0.1) is 0 Å². The van der Waals surface area contributed by atoms with Crippen molar-refractivity contribution >= 4 is 40.3 Å². The summed E-state index contributed by atoms with van der Waals surface area (Å²) in [5.74, 6) is 0. The zero-order chi connectivity index (χ0) is 13.3. The average molecular weight is 281 g/mol. The van der Waals surface area contributed by atoms with Crippen molar-refractivity contribution in [3.05, 3.63) is 51.5 Å². The van der Waals surface area contributed by atoms with E-state index in [-0.39, 0.29) is 0 Å². The van der Waals surface area contributed by atoms with E-state index in [2.05, 4.69) is 5.32 Å². The Morgan fingerprint density at radius 2 is 1.78 bits per heavy atom. The Morgan fingerprint density at radius 1 is 1.06 bits per heavy atom. The quantitative estimate of drug-likeness (QED) is 0.765. The third kappa shape index (κ3) is 2.55. The number of aryl methyl sites for hydroxylation is 1. The van der Waals surface area contributed by atoms with Crippen molar-refractivity contribution in [2.75, 3.05) is 11.1 Å². The van der Waals surface area contributed by atoms with Crippen LogP contribution in [-0.2, 0) is 0 Å². The van der Waals surface area contributed by atoms with Crippen LogP contribution in [0.5, 0.6) is 0 Å². The summed E-state index contributed by atoms with van der Waals surface area (Å²) < 4.78 is 0. The van der Waals surface area contributed by atoms with Crippen molar-refractivity contribution < 1.29 is 0 Å². The van der Waals surface area contributed by atoms with E-state index >= 15 is 0 Å². The lowest BCUT2D eigenvalue weighted by Gasteiger charge is -2.15. The summed E-state index contributed by atoms with van der Waals surface area (Å²) >= 11 is 12.0. The summed E-state index contributed by atoms with van der Waals surface area (Å²) in [5.41, 5.74) is 10.4. The van der Waals surface area contributed by atoms with Crippen LogP contribution in [0.15, 0.2) is 30.3 Å². The van der Waals surface area contributed by atoms with Crippen molar-refractivity contribution in [2.45, 2.75) is 13.8 Å². The minimum absolute atomic E-state index is 0.672. The van der Waals surface area contributed by atoms with Crippen LogP contribution in [0.4, 0.5) is 17.1 Å². The molecule has 2 aromatic rings. The number of nitrogen functional groups attached to an aromatic ring is 1. The number of benzene rings is 2. The topological polar surface area (TPSA) is 38.0 Å². The van der Waals surface area contributed by atoms with E-state index in [1.165, 1.54) is 0 Å². The number of rotatable bonds is 2. The van der Waals surface area contributed by atoms with Gasteiger partial charge in [-0.2, -0.15) is 0 Å². The molecular formula is C14H14Cl2N2. The van der Waals surface area contributed by atoms with Crippen LogP contribution in [0.3, 0.4) is 0 Å². The minimum Gasteiger partial charge on any atom is -0.397 e. The van der Waals surface area contributed by atoms with Crippen LogP contribution < -0.4 is 11.1 Å². The van der Waals surface area contributed by atoms with Crippen molar-refractivity contribution in [2.24, 2.45) is 0 Å². The highest BCUT2D eigenvalue weighted by molar-refractivity contribution is 6.32. The highest BCUT2D eigenvalue weighted by atomic mass is 35.5. The highest BCUT2D eigenvalue weighted by Gasteiger charge is 2.08. The number of halogens is 2. The summed E-state index contributed by atoms with van der Waals surface area (Å²) in [6.45, 7) is 3.93. The van der Waals surface area contributed by atoms with E-state index in [1.807, 2.05) is 32.0 Å². The van der Waals surface area contributed by atoms with Gasteiger partial charge in [0.05, 0.1) is 11.4 Å². The predicted octanol–water partition coefficient (Wildman–Crippen LogP) is 4.94. The average Bonchev–Trinajstić information content (AvgIpc) is 2.32. The molecule has 0 radical (unpaired) electrons. The molecule has 2 nitrogen and oxygen atoms in total. The number of nitrogens with one attached hydrogen (secondary N) is 1. The molecule has 0 bridgehead atoms. The molecule has 0 amide bonds. The fourth-order valence-corrected chi connectivity index (χ4v) is 2.16. The third-order valence-electron chi connectivity index (χ3n) is 2.88. The summed E-state index contributed by atoms with van der Waals surface area (Å²) in [6, 6.07) is 9.26. The number of nitrogens with two attached hydrogens (primary N) is 1. The van der Waals surface area contributed by atoms with Gasteiger partial charge in [0.1, 0.15) is 0 Å². The molecule has 0 atom stereocenters. The molecule has 94 valence electrons. The number of anilines is 3. The Hall–Kier alpha value is -1.38. The lowest BCUT2D eigenvalue weighted by Crippen LogP contribution is -2.00. The van der Waals surface area contributed by atoms with Crippen LogP contribution >= 0.6 is 23.2 Å². The molecule has 0 aliphatic rings. The van der Waals surface area contributed by atoms with Gasteiger partial charge in [-0.1, -0.05) is 23.2 Å². The monoisotopic (exact) mass is 280 g/mol. The smallest absolute Gasteiger partial charge is 0.0662 e. The second-order valence-corrected chi connectivity index (χ2v) is 5.06. The summed E-state index contributed by atoms with van der Waals surface area (Å²) in [7, 11) is 0. The molecule has 0 saturated heterocycles. The van der Waals surface area contributed by atoms with E-state index < -0.39 is 0 Å². The Morgan fingerprint density at radius 3 is 2.44 bits per heavy atom. The fourth-order valence-electron chi connectivity index (χ4n) is 1.78. The molecule has 3 N–H and O–H groups in total. The van der Waals surface area contributed by atoms with Crippen LogP contribution in [0, 0.1) is 13.8 Å². The molecule has 0 unspecified atom stereocenters. The molecule has 0 aliphatic carbocycles. The first kappa shape index (κ1) is 13.1. The molecule has 4 heteroatoms. The molecule has 0 aromatic heterocycles. The maximum Gasteiger partial charge on any atom is 0.0662 e. The van der Waals surface area contributed by atoms with Gasteiger partial charge in [0.15, 0.2) is 0 Å². The van der Waals surface area contributed by atoms with Gasteiger partial charge in [0.25, 0.3) is 0 Å². The van der Waals surface area contributed by atoms with Gasteiger partial charge in [0, 0.05) is 15.7 Å². The molecule has 0 spiro atoms. The van der Waals surface area contributed by atoms with Crippen molar-refractivity contribution in [3.63, 3.8) is 0 Å². The normalized spacial score (nSPS) is 10.4. The zero-order valence-electron chi connectivity index (χ0n) is 10.2. The number of hydrogen-bond acceptors (Lipinski definition) is 2. The van der Waals surface area contributed by atoms with E-state index in [4.69, 9.17) is 28.9 Å². The Bertz CT molecular complexity index is 595. The maximum absolute atomic E-state index is 6.10. The molecule has 0 fully saturated rings. The van der Waals surface area contributed by atoms with Gasteiger partial charge in [0.2, 0.25) is 0 Å². The molecular weight excluding hydrogens is 267 g/mol. The maximum atomic E-state index is 6.10. The van der Waals surface area contributed by atoms with Gasteiger partial charge < -0.3 is 11.1 Å². The van der Waals surface area contributed by atoms with Crippen molar-refractivity contribution in [3.8, 4) is 0 Å². The lowest BCUT2D eigenvalue weighted by atomic mass is 10.1. The van der Waals surface area contributed by atoms with Gasteiger partial charge in [-0.3, -0.25) is 0 Å². The fraction of sp³-hybridized carbons (Fsp3) is 0.143. The second-order valence-electron chi connectivity index (χ2n) is 4.22. The zero-order valence-corrected chi connectivity index (χ0v) is 11.7. The van der Waals surface area contributed by atoms with E-state index in [1.54, 1.807) is 12.1 Å². The van der Waals surface area contributed by atoms with Crippen LogP contribution in [0.2, 0.25) is 10.0 Å². The summed E-state index contributed by atoms with van der Waals surface area (Å²) in [4.78, 5) is 0. The first-order valence-electron chi connectivity index (χ1n) is 5.57. The Labute approximate surface area is 117 Å². The SMILES string of the molecule is Cc1cc(Cl)ccc1Nc1c(N)ccc(Cl)c1C. The molecule has 2 rings (SSSR count). The third-order valence-corrected chi connectivity index (χ3v) is 3.52. The second kappa shape index (κ2) is 5.09. The summed E-state index contributed by atoms with van der Waals surface area (Å²) in [5, 5.41) is 4.72. The largest absolute Gasteiger partial charge is 0.397 e. The highest BCUT2D eigenvalue weighted by Crippen LogP contribution is 2.33. The lowest BCUT2D eigenvalue weighted by molar-refractivity contribution is 1.39. The Kier molecular flexibility index (Phi) is 3.69. The van der Waals surface area contributed by atoms with Crippen LogP contribution in [0.1, 0.15) is 11.1 Å². The Balaban J connectivity index is 2.43. The minimum atomic E-state index is 0.672. The summed E-state index contributed by atoms with van der Waals surface area (Å²) in [6.07, 6.45) is 0. The number of hydrogen-bond donors (Lipinski definition) is 2. The van der Waals surface area contributed by atoms with E-state index in [0.29, 0.717) is 15.7 Å². The molecule has 0 heterocycles. The van der Waals surface area contributed by atoms with Gasteiger partial charge in [-0.05, 0) is 55.3 Å². The molecule has 2 aromatic carbocycles. The molecule has 18 heavy (non-hydrogen) atoms. The van der Waals surface area contributed by atoms with Gasteiger partial charge >= 0.3 is 0 Å². The standard InChI is InChI=1S/C14H14Cl2N2/c1-8-7-10(15)3-6-13(8)18-14-9(2)11(16)4-5-12(14)17/h3-7,18H,17H2,1-2H3. The van der Waals surface area contributed by atoms with Crippen molar-refractivity contribution in [1.82, 2.24) is 0 Å². The van der Waals surface area contributed by atoms with Gasteiger partial charge in [-0.25, -0.2) is 0 Å². The molecule has 0 saturated carbocycles. The van der Waals surface area contributed by atoms with Crippen LogP contribution in [0.25, 0.3) is 0 Å². The predicted molar refractivity (Wildman–Crippen MR) is 80.1 cm³/mol. The molecule has 0 aliphatic heterocycles. The first-order valence-corrected chi connectivity index (χ1v) is 6.32.